The Morgan fingerprint density at radius 2 is 2.24 bits per heavy atom. The molecule has 1 fully saturated rings. The van der Waals surface area contributed by atoms with E-state index in [1.54, 1.807) is 19.0 Å². The number of nitrogens with zero attached hydrogens (tertiary/aromatic N) is 1. The van der Waals surface area contributed by atoms with Gasteiger partial charge in [-0.3, -0.25) is 4.79 Å². The fourth-order valence-electron chi connectivity index (χ4n) is 2.16. The topological polar surface area (TPSA) is 41.6 Å². The Morgan fingerprint density at radius 1 is 1.53 bits per heavy atom. The Hall–Kier alpha value is -0.610. The molecule has 1 aliphatic heterocycles. The van der Waals surface area contributed by atoms with Gasteiger partial charge >= 0.3 is 0 Å². The van der Waals surface area contributed by atoms with Gasteiger partial charge in [-0.15, -0.1) is 0 Å². The zero-order valence-corrected chi connectivity index (χ0v) is 11.6. The number of hydrogen-bond acceptors (Lipinski definition) is 3. The molecule has 0 aromatic carbocycles. The van der Waals surface area contributed by atoms with Crippen molar-refractivity contribution < 1.29 is 9.53 Å². The minimum Gasteiger partial charge on any atom is -0.375 e. The maximum Gasteiger partial charge on any atom is 0.223 e. The third-order valence-electron chi connectivity index (χ3n) is 3.61. The SMILES string of the molecule is CCC1(C)CC(NCCC(=O)N(C)C)CCO1. The number of ether oxygens (including phenoxy) is 1. The van der Waals surface area contributed by atoms with Crippen LogP contribution in [0.5, 0.6) is 0 Å². The van der Waals surface area contributed by atoms with E-state index < -0.39 is 0 Å². The summed E-state index contributed by atoms with van der Waals surface area (Å²) in [7, 11) is 3.59. The third kappa shape index (κ3) is 4.64. The van der Waals surface area contributed by atoms with E-state index in [1.807, 2.05) is 0 Å². The van der Waals surface area contributed by atoms with E-state index in [2.05, 4.69) is 19.2 Å². The fourth-order valence-corrected chi connectivity index (χ4v) is 2.16. The van der Waals surface area contributed by atoms with Crippen molar-refractivity contribution in [2.24, 2.45) is 0 Å². The van der Waals surface area contributed by atoms with Gasteiger partial charge in [0.25, 0.3) is 0 Å². The normalized spacial score (nSPS) is 29.1. The second kappa shape index (κ2) is 6.36. The van der Waals surface area contributed by atoms with E-state index in [-0.39, 0.29) is 11.5 Å². The smallest absolute Gasteiger partial charge is 0.223 e. The van der Waals surface area contributed by atoms with Crippen LogP contribution in [0.3, 0.4) is 0 Å². The van der Waals surface area contributed by atoms with Gasteiger partial charge < -0.3 is 15.0 Å². The Balaban J connectivity index is 2.26. The average Bonchev–Trinajstić information content (AvgIpc) is 2.29. The van der Waals surface area contributed by atoms with Gasteiger partial charge in [-0.25, -0.2) is 0 Å². The summed E-state index contributed by atoms with van der Waals surface area (Å²) in [5.74, 6) is 0.183. The first-order valence-electron chi connectivity index (χ1n) is 6.54. The first kappa shape index (κ1) is 14.5. The molecule has 0 aromatic rings. The molecular weight excluding hydrogens is 216 g/mol. The van der Waals surface area contributed by atoms with E-state index in [4.69, 9.17) is 4.74 Å². The molecule has 0 aromatic heterocycles. The zero-order valence-electron chi connectivity index (χ0n) is 11.6. The summed E-state index contributed by atoms with van der Waals surface area (Å²) in [6, 6.07) is 0.490. The minimum absolute atomic E-state index is 0.0154. The van der Waals surface area contributed by atoms with Crippen LogP contribution in [0, 0.1) is 0 Å². The highest BCUT2D eigenvalue weighted by Gasteiger charge is 2.31. The van der Waals surface area contributed by atoms with Crippen LogP contribution in [0.4, 0.5) is 0 Å². The van der Waals surface area contributed by atoms with Gasteiger partial charge in [-0.05, 0) is 26.2 Å². The molecule has 0 radical (unpaired) electrons. The number of nitrogens with one attached hydrogen (secondary N) is 1. The number of hydrogen-bond donors (Lipinski definition) is 1. The molecule has 4 nitrogen and oxygen atoms in total. The zero-order chi connectivity index (χ0) is 12.9. The van der Waals surface area contributed by atoms with E-state index in [1.165, 1.54) is 0 Å². The predicted octanol–water partition coefficient (Wildman–Crippen LogP) is 1.40. The van der Waals surface area contributed by atoms with Gasteiger partial charge in [-0.1, -0.05) is 6.92 Å². The summed E-state index contributed by atoms with van der Waals surface area (Å²) in [5, 5.41) is 3.47. The first-order valence-corrected chi connectivity index (χ1v) is 6.54. The van der Waals surface area contributed by atoms with Crippen LogP contribution >= 0.6 is 0 Å². The van der Waals surface area contributed by atoms with Crippen molar-refractivity contribution in [3.8, 4) is 0 Å². The maximum atomic E-state index is 11.4. The molecule has 1 aliphatic rings. The highest BCUT2D eigenvalue weighted by Crippen LogP contribution is 2.27. The van der Waals surface area contributed by atoms with Gasteiger partial charge in [0.1, 0.15) is 0 Å². The van der Waals surface area contributed by atoms with Crippen molar-refractivity contribution in [2.75, 3.05) is 27.2 Å². The molecule has 1 rings (SSSR count). The van der Waals surface area contributed by atoms with E-state index in [0.717, 1.165) is 32.4 Å². The van der Waals surface area contributed by atoms with Crippen LogP contribution in [0.25, 0.3) is 0 Å². The molecule has 0 aliphatic carbocycles. The van der Waals surface area contributed by atoms with Crippen molar-refractivity contribution in [3.63, 3.8) is 0 Å². The molecular formula is C13H26N2O2. The lowest BCUT2D eigenvalue weighted by molar-refractivity contribution is -0.128. The third-order valence-corrected chi connectivity index (χ3v) is 3.61. The van der Waals surface area contributed by atoms with Crippen molar-refractivity contribution in [1.29, 1.82) is 0 Å². The van der Waals surface area contributed by atoms with Crippen LogP contribution in [0.1, 0.15) is 39.5 Å². The second-order valence-electron chi connectivity index (χ2n) is 5.33. The summed E-state index contributed by atoms with van der Waals surface area (Å²) >= 11 is 0. The van der Waals surface area contributed by atoms with Crippen molar-refractivity contribution in [2.45, 2.75) is 51.2 Å². The molecule has 0 bridgehead atoms. The number of rotatable bonds is 5. The fraction of sp³-hybridized carbons (Fsp3) is 0.923. The highest BCUT2D eigenvalue weighted by atomic mass is 16.5. The number of carbonyl (C=O) groups excluding carboxylic acids is 1. The molecule has 0 saturated carbocycles. The van der Waals surface area contributed by atoms with Gasteiger partial charge in [0.2, 0.25) is 5.91 Å². The van der Waals surface area contributed by atoms with Crippen molar-refractivity contribution in [3.05, 3.63) is 0 Å². The van der Waals surface area contributed by atoms with Gasteiger partial charge in [-0.2, -0.15) is 0 Å². The Morgan fingerprint density at radius 3 is 2.82 bits per heavy atom. The highest BCUT2D eigenvalue weighted by molar-refractivity contribution is 5.75. The number of amides is 1. The Kier molecular flexibility index (Phi) is 5.40. The standard InChI is InChI=1S/C13H26N2O2/c1-5-13(2)10-11(7-9-17-13)14-8-6-12(16)15(3)4/h11,14H,5-10H2,1-4H3. The van der Waals surface area contributed by atoms with Crippen molar-refractivity contribution in [1.82, 2.24) is 10.2 Å². The summed E-state index contributed by atoms with van der Waals surface area (Å²) in [4.78, 5) is 13.1. The maximum absolute atomic E-state index is 11.4. The lowest BCUT2D eigenvalue weighted by atomic mass is 9.90. The largest absolute Gasteiger partial charge is 0.375 e. The molecule has 17 heavy (non-hydrogen) atoms. The molecule has 2 unspecified atom stereocenters. The molecule has 1 saturated heterocycles. The molecule has 1 heterocycles. The molecule has 100 valence electrons. The van der Waals surface area contributed by atoms with Gasteiger partial charge in [0.05, 0.1) is 5.60 Å². The number of carbonyl (C=O) groups is 1. The van der Waals surface area contributed by atoms with Crippen LogP contribution in [-0.4, -0.2) is 49.7 Å². The van der Waals surface area contributed by atoms with Crippen molar-refractivity contribution >= 4 is 5.91 Å². The Bertz CT molecular complexity index is 256. The average molecular weight is 242 g/mol. The molecule has 0 spiro atoms. The minimum atomic E-state index is 0.0154. The summed E-state index contributed by atoms with van der Waals surface area (Å²) < 4.78 is 5.80. The summed E-state index contributed by atoms with van der Waals surface area (Å²) in [6.07, 6.45) is 3.71. The van der Waals surface area contributed by atoms with Gasteiger partial charge in [0, 0.05) is 39.7 Å². The lowest BCUT2D eigenvalue weighted by Gasteiger charge is -2.38. The monoisotopic (exact) mass is 242 g/mol. The van der Waals surface area contributed by atoms with Crippen LogP contribution in [0.15, 0.2) is 0 Å². The van der Waals surface area contributed by atoms with E-state index >= 15 is 0 Å². The molecule has 1 N–H and O–H groups in total. The quantitative estimate of drug-likeness (QED) is 0.792. The summed E-state index contributed by atoms with van der Waals surface area (Å²) in [5.41, 5.74) is 0.0154. The lowest BCUT2D eigenvalue weighted by Crippen LogP contribution is -2.45. The molecule has 2 atom stereocenters. The van der Waals surface area contributed by atoms with E-state index in [9.17, 15) is 4.79 Å². The second-order valence-corrected chi connectivity index (χ2v) is 5.33. The van der Waals surface area contributed by atoms with Crippen LogP contribution in [0.2, 0.25) is 0 Å². The Labute approximate surface area is 105 Å². The first-order chi connectivity index (χ1) is 7.97. The van der Waals surface area contributed by atoms with Crippen LogP contribution in [-0.2, 0) is 9.53 Å². The van der Waals surface area contributed by atoms with E-state index in [0.29, 0.717) is 12.5 Å². The van der Waals surface area contributed by atoms with Crippen LogP contribution < -0.4 is 5.32 Å². The van der Waals surface area contributed by atoms with Gasteiger partial charge in [0.15, 0.2) is 0 Å². The predicted molar refractivity (Wildman–Crippen MR) is 69.0 cm³/mol. The molecule has 4 heteroatoms. The molecule has 1 amide bonds. The summed E-state index contributed by atoms with van der Waals surface area (Å²) in [6.45, 7) is 5.93.